The first-order valence-corrected chi connectivity index (χ1v) is 4.79. The van der Waals surface area contributed by atoms with Gasteiger partial charge in [0.1, 0.15) is 5.82 Å². The van der Waals surface area contributed by atoms with Crippen molar-refractivity contribution in [2.75, 3.05) is 11.9 Å². The fraction of sp³-hybridized carbons (Fsp3) is 0.600. The summed E-state index contributed by atoms with van der Waals surface area (Å²) in [4.78, 5) is 0. The third kappa shape index (κ3) is 3.30. The Morgan fingerprint density at radius 2 is 2.29 bits per heavy atom. The molecular formula is C10H17N3O. The largest absolute Gasteiger partial charge is 0.388 e. The van der Waals surface area contributed by atoms with E-state index in [1.165, 1.54) is 0 Å². The van der Waals surface area contributed by atoms with Gasteiger partial charge in [-0.25, -0.2) is 0 Å². The van der Waals surface area contributed by atoms with Crippen LogP contribution in [0.5, 0.6) is 0 Å². The summed E-state index contributed by atoms with van der Waals surface area (Å²) in [5.74, 6) is 0.707. The summed E-state index contributed by atoms with van der Waals surface area (Å²) in [7, 11) is 0. The van der Waals surface area contributed by atoms with Gasteiger partial charge in [-0.2, -0.15) is 5.10 Å². The van der Waals surface area contributed by atoms with Crippen LogP contribution in [-0.2, 0) is 0 Å². The first kappa shape index (κ1) is 10.9. The summed E-state index contributed by atoms with van der Waals surface area (Å²) >= 11 is 0. The zero-order valence-corrected chi connectivity index (χ0v) is 8.91. The highest BCUT2D eigenvalue weighted by Crippen LogP contribution is 2.10. The lowest BCUT2D eigenvalue weighted by Crippen LogP contribution is -2.32. The van der Waals surface area contributed by atoms with E-state index in [0.29, 0.717) is 18.8 Å². The number of aromatic nitrogens is 2. The Hall–Kier alpha value is -1.16. The minimum Gasteiger partial charge on any atom is -0.388 e. The second kappa shape index (κ2) is 4.37. The lowest BCUT2D eigenvalue weighted by molar-refractivity contribution is 0.0696. The van der Waals surface area contributed by atoms with Crippen molar-refractivity contribution in [1.29, 1.82) is 0 Å². The van der Waals surface area contributed by atoms with Gasteiger partial charge < -0.3 is 10.4 Å². The number of rotatable bonds is 4. The van der Waals surface area contributed by atoms with Crippen molar-refractivity contribution in [3.05, 3.63) is 17.8 Å². The fourth-order valence-electron chi connectivity index (χ4n) is 0.956. The molecule has 1 atom stereocenters. The van der Waals surface area contributed by atoms with E-state index in [4.69, 9.17) is 0 Å². The molecular weight excluding hydrogens is 178 g/mol. The maximum atomic E-state index is 9.74. The Kier molecular flexibility index (Phi) is 3.41. The van der Waals surface area contributed by atoms with Crippen LogP contribution in [0.15, 0.2) is 12.3 Å². The molecule has 0 amide bonds. The van der Waals surface area contributed by atoms with Crippen molar-refractivity contribution in [2.45, 2.75) is 32.8 Å². The van der Waals surface area contributed by atoms with Crippen LogP contribution in [0, 0.1) is 6.92 Å². The highest BCUT2D eigenvalue weighted by molar-refractivity contribution is 5.35. The molecule has 0 saturated carbocycles. The van der Waals surface area contributed by atoms with Crippen molar-refractivity contribution < 1.29 is 5.11 Å². The highest BCUT2D eigenvalue weighted by Gasteiger charge is 2.16. The maximum absolute atomic E-state index is 9.74. The fourth-order valence-corrected chi connectivity index (χ4v) is 0.956. The molecule has 1 aromatic rings. The minimum absolute atomic E-state index is 0.488. The minimum atomic E-state index is -0.689. The predicted molar refractivity (Wildman–Crippen MR) is 56.2 cm³/mol. The number of nitrogens with zero attached hydrogens (tertiary/aromatic N) is 2. The van der Waals surface area contributed by atoms with Gasteiger partial charge in [-0.1, -0.05) is 6.92 Å². The molecule has 0 radical (unpaired) electrons. The summed E-state index contributed by atoms with van der Waals surface area (Å²) in [5.41, 5.74) is 0.365. The summed E-state index contributed by atoms with van der Waals surface area (Å²) in [6, 6.07) is 1.90. The van der Waals surface area contributed by atoms with Crippen molar-refractivity contribution in [3.63, 3.8) is 0 Å². The SMILES string of the molecule is CCC(C)(O)CNc1cc(C)cnn1. The average Bonchev–Trinajstić information content (AvgIpc) is 2.15. The number of hydrogen-bond acceptors (Lipinski definition) is 4. The molecule has 1 unspecified atom stereocenters. The van der Waals surface area contributed by atoms with E-state index in [2.05, 4.69) is 15.5 Å². The van der Waals surface area contributed by atoms with Gasteiger partial charge in [0.2, 0.25) is 0 Å². The van der Waals surface area contributed by atoms with E-state index in [9.17, 15) is 5.11 Å². The standard InChI is InChI=1S/C10H17N3O/c1-4-10(3,14)7-11-9-5-8(2)6-12-13-9/h5-6,14H,4,7H2,1-3H3,(H,11,13). The number of anilines is 1. The average molecular weight is 195 g/mol. The lowest BCUT2D eigenvalue weighted by Gasteiger charge is -2.21. The van der Waals surface area contributed by atoms with Crippen LogP contribution in [0.2, 0.25) is 0 Å². The first-order chi connectivity index (χ1) is 6.53. The zero-order valence-electron chi connectivity index (χ0n) is 8.91. The van der Waals surface area contributed by atoms with Gasteiger partial charge in [0.15, 0.2) is 0 Å². The summed E-state index contributed by atoms with van der Waals surface area (Å²) in [5, 5.41) is 20.5. The normalized spacial score (nSPS) is 14.9. The van der Waals surface area contributed by atoms with Gasteiger partial charge in [-0.15, -0.1) is 5.10 Å². The quantitative estimate of drug-likeness (QED) is 0.761. The molecule has 0 bridgehead atoms. The van der Waals surface area contributed by atoms with Crippen molar-refractivity contribution in [1.82, 2.24) is 10.2 Å². The van der Waals surface area contributed by atoms with Crippen LogP contribution >= 0.6 is 0 Å². The molecule has 0 saturated heterocycles. The summed E-state index contributed by atoms with van der Waals surface area (Å²) in [6.07, 6.45) is 2.41. The molecule has 0 aliphatic heterocycles. The van der Waals surface area contributed by atoms with E-state index in [1.54, 1.807) is 13.1 Å². The summed E-state index contributed by atoms with van der Waals surface area (Å²) in [6.45, 7) is 6.19. The Morgan fingerprint density at radius 1 is 1.57 bits per heavy atom. The number of aliphatic hydroxyl groups is 1. The van der Waals surface area contributed by atoms with Crippen LogP contribution < -0.4 is 5.32 Å². The molecule has 0 fully saturated rings. The second-order valence-electron chi connectivity index (χ2n) is 3.82. The molecule has 78 valence electrons. The van der Waals surface area contributed by atoms with Crippen molar-refractivity contribution in [2.24, 2.45) is 0 Å². The van der Waals surface area contributed by atoms with Crippen LogP contribution in [0.1, 0.15) is 25.8 Å². The number of hydrogen-bond donors (Lipinski definition) is 2. The predicted octanol–water partition coefficient (Wildman–Crippen LogP) is 1.36. The van der Waals surface area contributed by atoms with Crippen LogP contribution in [0.25, 0.3) is 0 Å². The van der Waals surface area contributed by atoms with Gasteiger partial charge in [-0.05, 0) is 31.9 Å². The second-order valence-corrected chi connectivity index (χ2v) is 3.82. The third-order valence-corrected chi connectivity index (χ3v) is 2.20. The molecule has 0 aliphatic carbocycles. The van der Waals surface area contributed by atoms with Gasteiger partial charge in [0.05, 0.1) is 11.8 Å². The van der Waals surface area contributed by atoms with Gasteiger partial charge in [0, 0.05) is 6.54 Å². The van der Waals surface area contributed by atoms with E-state index in [0.717, 1.165) is 5.56 Å². The van der Waals surface area contributed by atoms with Crippen LogP contribution in [0.4, 0.5) is 5.82 Å². The molecule has 0 spiro atoms. The molecule has 0 aromatic carbocycles. The van der Waals surface area contributed by atoms with E-state index in [-0.39, 0.29) is 0 Å². The van der Waals surface area contributed by atoms with E-state index < -0.39 is 5.60 Å². The van der Waals surface area contributed by atoms with Gasteiger partial charge in [-0.3, -0.25) is 0 Å². The topological polar surface area (TPSA) is 58.0 Å². The Labute approximate surface area is 84.4 Å². The lowest BCUT2D eigenvalue weighted by atomic mass is 10.0. The molecule has 4 heteroatoms. The zero-order chi connectivity index (χ0) is 10.6. The molecule has 1 aromatic heterocycles. The highest BCUT2D eigenvalue weighted by atomic mass is 16.3. The Morgan fingerprint density at radius 3 is 2.86 bits per heavy atom. The molecule has 4 nitrogen and oxygen atoms in total. The van der Waals surface area contributed by atoms with E-state index >= 15 is 0 Å². The molecule has 2 N–H and O–H groups in total. The maximum Gasteiger partial charge on any atom is 0.149 e. The van der Waals surface area contributed by atoms with Gasteiger partial charge in [0.25, 0.3) is 0 Å². The molecule has 1 heterocycles. The Balaban J connectivity index is 2.54. The van der Waals surface area contributed by atoms with Crippen LogP contribution in [-0.4, -0.2) is 27.4 Å². The monoisotopic (exact) mass is 195 g/mol. The molecule has 14 heavy (non-hydrogen) atoms. The van der Waals surface area contributed by atoms with E-state index in [1.807, 2.05) is 19.9 Å². The smallest absolute Gasteiger partial charge is 0.149 e. The number of nitrogens with one attached hydrogen (secondary N) is 1. The molecule has 0 aliphatic rings. The summed E-state index contributed by atoms with van der Waals surface area (Å²) < 4.78 is 0. The molecule has 1 rings (SSSR count). The van der Waals surface area contributed by atoms with Crippen molar-refractivity contribution >= 4 is 5.82 Å². The van der Waals surface area contributed by atoms with Crippen molar-refractivity contribution in [3.8, 4) is 0 Å². The third-order valence-electron chi connectivity index (χ3n) is 2.20. The first-order valence-electron chi connectivity index (χ1n) is 4.79. The van der Waals surface area contributed by atoms with Crippen LogP contribution in [0.3, 0.4) is 0 Å². The Bertz CT molecular complexity index is 299. The van der Waals surface area contributed by atoms with Gasteiger partial charge >= 0.3 is 0 Å². The number of aryl methyl sites for hydroxylation is 1.